The van der Waals surface area contributed by atoms with E-state index in [0.717, 1.165) is 0 Å². The maximum absolute atomic E-state index is 12.7. The Morgan fingerprint density at radius 2 is 2.10 bits per heavy atom. The van der Waals surface area contributed by atoms with Gasteiger partial charge < -0.3 is 5.11 Å². The van der Waals surface area contributed by atoms with Gasteiger partial charge in [-0.2, -0.15) is 17.0 Å². The molecule has 7 heteroatoms. The smallest absolute Gasteiger partial charge is 0.307 e. The third-order valence-electron chi connectivity index (χ3n) is 3.38. The van der Waals surface area contributed by atoms with Crippen LogP contribution in [0.1, 0.15) is 33.6 Å². The summed E-state index contributed by atoms with van der Waals surface area (Å²) in [6.45, 7) is 9.66. The van der Waals surface area contributed by atoms with Crippen molar-refractivity contribution in [3.05, 3.63) is 12.7 Å². The molecule has 1 rings (SSSR count). The van der Waals surface area contributed by atoms with E-state index in [1.54, 1.807) is 6.08 Å². The molecule has 6 nitrogen and oxygen atoms in total. The van der Waals surface area contributed by atoms with Crippen LogP contribution >= 0.6 is 0 Å². The fraction of sp³-hybridized carbons (Fsp3) is 0.769. The number of carbonyl (C=O) groups is 1. The maximum atomic E-state index is 12.7. The third kappa shape index (κ3) is 3.80. The Morgan fingerprint density at radius 3 is 2.55 bits per heavy atom. The number of hydrogen-bond acceptors (Lipinski definition) is 3. The minimum atomic E-state index is -3.68. The van der Waals surface area contributed by atoms with Crippen LogP contribution in [0.5, 0.6) is 0 Å². The van der Waals surface area contributed by atoms with Gasteiger partial charge in [-0.25, -0.2) is 0 Å². The standard InChI is InChI=1S/C13H24N2O4S/c1-5-8-15(13(2,3)4)20(18,19)14-9-6-7-11(10-14)12(16)17/h5,11H,1,6-10H2,2-4H3,(H,16,17). The highest BCUT2D eigenvalue weighted by Crippen LogP contribution is 2.25. The summed E-state index contributed by atoms with van der Waals surface area (Å²) in [5.74, 6) is -1.56. The first-order valence-corrected chi connectivity index (χ1v) is 8.12. The van der Waals surface area contributed by atoms with E-state index >= 15 is 0 Å². The first kappa shape index (κ1) is 17.1. The Balaban J connectivity index is 3.01. The van der Waals surface area contributed by atoms with Gasteiger partial charge in [0.15, 0.2) is 0 Å². The Bertz CT molecular complexity index is 467. The molecule has 1 unspecified atom stereocenters. The highest BCUT2D eigenvalue weighted by molar-refractivity contribution is 7.86. The van der Waals surface area contributed by atoms with E-state index in [1.165, 1.54) is 8.61 Å². The highest BCUT2D eigenvalue weighted by Gasteiger charge is 2.39. The van der Waals surface area contributed by atoms with E-state index in [2.05, 4.69) is 6.58 Å². The molecule has 20 heavy (non-hydrogen) atoms. The summed E-state index contributed by atoms with van der Waals surface area (Å²) < 4.78 is 28.0. The van der Waals surface area contributed by atoms with Gasteiger partial charge in [-0.05, 0) is 33.6 Å². The van der Waals surface area contributed by atoms with Crippen LogP contribution < -0.4 is 0 Å². The molecule has 0 aromatic carbocycles. The number of rotatable bonds is 5. The first-order valence-electron chi connectivity index (χ1n) is 6.72. The molecule has 0 aliphatic carbocycles. The van der Waals surface area contributed by atoms with Crippen molar-refractivity contribution < 1.29 is 18.3 Å². The zero-order chi connectivity index (χ0) is 15.6. The second-order valence-electron chi connectivity index (χ2n) is 6.03. The summed E-state index contributed by atoms with van der Waals surface area (Å²) in [4.78, 5) is 11.1. The Hall–Kier alpha value is -0.920. The molecule has 1 aliphatic rings. The number of carboxylic acid groups (broad SMARTS) is 1. The van der Waals surface area contributed by atoms with Gasteiger partial charge in [-0.1, -0.05) is 6.08 Å². The van der Waals surface area contributed by atoms with Crippen LogP contribution in [0, 0.1) is 5.92 Å². The molecule has 0 aromatic heterocycles. The predicted octanol–water partition coefficient (Wildman–Crippen LogP) is 1.31. The van der Waals surface area contributed by atoms with Gasteiger partial charge in [-0.15, -0.1) is 6.58 Å². The van der Waals surface area contributed by atoms with Gasteiger partial charge in [0.2, 0.25) is 0 Å². The van der Waals surface area contributed by atoms with E-state index in [-0.39, 0.29) is 13.1 Å². The van der Waals surface area contributed by atoms with E-state index < -0.39 is 27.6 Å². The average molecular weight is 304 g/mol. The number of piperidine rings is 1. The summed E-state index contributed by atoms with van der Waals surface area (Å²) >= 11 is 0. The Kier molecular flexibility index (Phi) is 5.34. The number of carboxylic acids is 1. The molecule has 0 spiro atoms. The topological polar surface area (TPSA) is 77.9 Å². The van der Waals surface area contributed by atoms with E-state index in [9.17, 15) is 13.2 Å². The van der Waals surface area contributed by atoms with Gasteiger partial charge in [0.25, 0.3) is 10.2 Å². The molecule has 0 amide bonds. The largest absolute Gasteiger partial charge is 0.481 e. The molecule has 0 bridgehead atoms. The van der Waals surface area contributed by atoms with E-state index in [0.29, 0.717) is 19.4 Å². The van der Waals surface area contributed by atoms with Crippen molar-refractivity contribution in [3.8, 4) is 0 Å². The normalized spacial score (nSPS) is 21.9. The van der Waals surface area contributed by atoms with Gasteiger partial charge in [0.1, 0.15) is 0 Å². The summed E-state index contributed by atoms with van der Waals surface area (Å²) in [6, 6.07) is 0. The van der Waals surface area contributed by atoms with Crippen molar-refractivity contribution in [3.63, 3.8) is 0 Å². The maximum Gasteiger partial charge on any atom is 0.307 e. The lowest BCUT2D eigenvalue weighted by atomic mass is 10.0. The fourth-order valence-corrected chi connectivity index (χ4v) is 4.32. The van der Waals surface area contributed by atoms with Gasteiger partial charge in [0.05, 0.1) is 5.92 Å². The van der Waals surface area contributed by atoms with E-state index in [1.807, 2.05) is 20.8 Å². The predicted molar refractivity (Wildman–Crippen MR) is 77.5 cm³/mol. The molecule has 1 saturated heterocycles. The van der Waals surface area contributed by atoms with Crippen LogP contribution in [0.4, 0.5) is 0 Å². The van der Waals surface area contributed by atoms with Crippen LogP contribution in [0.3, 0.4) is 0 Å². The molecule has 1 N–H and O–H groups in total. The minimum absolute atomic E-state index is 0.0430. The summed E-state index contributed by atoms with van der Waals surface area (Å²) in [5, 5.41) is 9.07. The number of nitrogens with zero attached hydrogens (tertiary/aromatic N) is 2. The van der Waals surface area contributed by atoms with Crippen LogP contribution in [0.2, 0.25) is 0 Å². The molecule has 1 heterocycles. The molecule has 1 fully saturated rings. The van der Waals surface area contributed by atoms with Gasteiger partial charge in [0, 0.05) is 25.2 Å². The molecular weight excluding hydrogens is 280 g/mol. The quantitative estimate of drug-likeness (QED) is 0.777. The monoisotopic (exact) mass is 304 g/mol. The summed E-state index contributed by atoms with van der Waals surface area (Å²) in [6.07, 6.45) is 2.64. The second kappa shape index (κ2) is 6.24. The van der Waals surface area contributed by atoms with Crippen LogP contribution in [-0.4, -0.2) is 53.3 Å². The van der Waals surface area contributed by atoms with Crippen molar-refractivity contribution >= 4 is 16.2 Å². The highest BCUT2D eigenvalue weighted by atomic mass is 32.2. The van der Waals surface area contributed by atoms with Crippen LogP contribution in [0.15, 0.2) is 12.7 Å². The van der Waals surface area contributed by atoms with Crippen LogP contribution in [0.25, 0.3) is 0 Å². The van der Waals surface area contributed by atoms with Crippen molar-refractivity contribution in [1.82, 2.24) is 8.61 Å². The van der Waals surface area contributed by atoms with E-state index in [4.69, 9.17) is 5.11 Å². The summed E-state index contributed by atoms with van der Waals surface area (Å²) in [5.41, 5.74) is -0.580. The molecule has 0 radical (unpaired) electrons. The van der Waals surface area contributed by atoms with Gasteiger partial charge >= 0.3 is 5.97 Å². The van der Waals surface area contributed by atoms with Crippen molar-refractivity contribution in [2.45, 2.75) is 39.2 Å². The zero-order valence-corrected chi connectivity index (χ0v) is 13.2. The zero-order valence-electron chi connectivity index (χ0n) is 12.4. The lowest BCUT2D eigenvalue weighted by molar-refractivity contribution is -0.142. The third-order valence-corrected chi connectivity index (χ3v) is 5.62. The minimum Gasteiger partial charge on any atom is -0.481 e. The van der Waals surface area contributed by atoms with Crippen molar-refractivity contribution in [2.75, 3.05) is 19.6 Å². The Labute approximate surface area is 121 Å². The van der Waals surface area contributed by atoms with Crippen molar-refractivity contribution in [2.24, 2.45) is 5.92 Å². The fourth-order valence-electron chi connectivity index (χ4n) is 2.32. The lowest BCUT2D eigenvalue weighted by Crippen LogP contribution is -2.54. The molecule has 1 aliphatic heterocycles. The lowest BCUT2D eigenvalue weighted by Gasteiger charge is -2.39. The SMILES string of the molecule is C=CCN(C(C)(C)C)S(=O)(=O)N1CCCC(C(=O)O)C1. The molecular formula is C13H24N2O4S. The average Bonchev–Trinajstić information content (AvgIpc) is 2.34. The van der Waals surface area contributed by atoms with Crippen LogP contribution in [-0.2, 0) is 15.0 Å². The number of aliphatic carboxylic acids is 1. The van der Waals surface area contributed by atoms with Gasteiger partial charge in [-0.3, -0.25) is 4.79 Å². The molecule has 116 valence electrons. The first-order chi connectivity index (χ1) is 9.10. The molecule has 0 aromatic rings. The van der Waals surface area contributed by atoms with Crippen molar-refractivity contribution in [1.29, 1.82) is 0 Å². The summed E-state index contributed by atoms with van der Waals surface area (Å²) in [7, 11) is -3.68. The molecule has 1 atom stereocenters. The molecule has 0 saturated carbocycles. The Morgan fingerprint density at radius 1 is 1.50 bits per heavy atom. The number of hydrogen-bond donors (Lipinski definition) is 1. The second-order valence-corrected chi connectivity index (χ2v) is 7.89.